The molecule has 0 fully saturated rings. The molecule has 0 bridgehead atoms. The highest BCUT2D eigenvalue weighted by Crippen LogP contribution is 2.19. The Morgan fingerprint density at radius 2 is 2.12 bits per heavy atom. The quantitative estimate of drug-likeness (QED) is 0.648. The van der Waals surface area contributed by atoms with Crippen molar-refractivity contribution in [3.8, 4) is 23.2 Å². The molecule has 3 aromatic heterocycles. The minimum atomic E-state index is 0.180. The molecule has 0 radical (unpaired) electrons. The van der Waals surface area contributed by atoms with Crippen molar-refractivity contribution in [2.45, 2.75) is 19.3 Å². The number of nitrogens with zero attached hydrogens (tertiary/aromatic N) is 4. The van der Waals surface area contributed by atoms with Gasteiger partial charge < -0.3 is 0 Å². The van der Waals surface area contributed by atoms with Crippen LogP contribution in [0.3, 0.4) is 0 Å². The van der Waals surface area contributed by atoms with Gasteiger partial charge in [-0.25, -0.2) is 9.97 Å². The first-order valence-corrected chi connectivity index (χ1v) is 7.79. The normalized spacial score (nSPS) is 13.1. The van der Waals surface area contributed by atoms with E-state index in [1.807, 2.05) is 24.4 Å². The molecule has 0 saturated heterocycles. The number of imidazole rings is 1. The molecule has 1 aliphatic rings. The molecule has 5 nitrogen and oxygen atoms in total. The summed E-state index contributed by atoms with van der Waals surface area (Å²) in [7, 11) is 0. The lowest BCUT2D eigenvalue weighted by molar-refractivity contribution is 0.0971. The van der Waals surface area contributed by atoms with Gasteiger partial charge in [0.15, 0.2) is 5.78 Å². The van der Waals surface area contributed by atoms with Gasteiger partial charge in [0.1, 0.15) is 12.0 Å². The van der Waals surface area contributed by atoms with E-state index in [0.29, 0.717) is 12.1 Å². The molecule has 24 heavy (non-hydrogen) atoms. The smallest absolute Gasteiger partial charge is 0.164 e. The topological polar surface area (TPSA) is 60.7 Å². The lowest BCUT2D eigenvalue weighted by Crippen LogP contribution is -2.12. The van der Waals surface area contributed by atoms with Gasteiger partial charge in [-0.1, -0.05) is 0 Å². The third-order valence-electron chi connectivity index (χ3n) is 3.94. The van der Waals surface area contributed by atoms with Crippen molar-refractivity contribution >= 4 is 5.78 Å². The Morgan fingerprint density at radius 3 is 3.00 bits per heavy atom. The highest BCUT2D eigenvalue weighted by atomic mass is 16.1. The van der Waals surface area contributed by atoms with Gasteiger partial charge in [-0.15, -0.1) is 0 Å². The second-order valence-electron chi connectivity index (χ2n) is 5.61. The maximum absolute atomic E-state index is 11.8. The molecule has 4 rings (SSSR count). The van der Waals surface area contributed by atoms with E-state index in [-0.39, 0.29) is 5.78 Å². The van der Waals surface area contributed by atoms with Gasteiger partial charge in [0.05, 0.1) is 11.4 Å². The molecular formula is C19H14N4O. The molecule has 0 unspecified atom stereocenters. The lowest BCUT2D eigenvalue weighted by atomic mass is 9.95. The van der Waals surface area contributed by atoms with Crippen LogP contribution in [0, 0.1) is 12.0 Å². The average Bonchev–Trinajstić information content (AvgIpc) is 3.10. The van der Waals surface area contributed by atoms with Crippen LogP contribution in [0.25, 0.3) is 11.3 Å². The molecule has 116 valence electrons. The second-order valence-corrected chi connectivity index (χ2v) is 5.61. The van der Waals surface area contributed by atoms with Gasteiger partial charge in [-0.05, 0) is 43.0 Å². The van der Waals surface area contributed by atoms with E-state index in [2.05, 4.69) is 26.9 Å². The van der Waals surface area contributed by atoms with Gasteiger partial charge >= 0.3 is 0 Å². The Hall–Kier alpha value is -3.26. The number of fused-ring (bicyclic) bond motifs is 1. The van der Waals surface area contributed by atoms with Crippen LogP contribution >= 0.6 is 0 Å². The monoisotopic (exact) mass is 314 g/mol. The Labute approximate surface area is 139 Å². The number of Topliss-reactive ketones (excluding diaryl/α,β-unsaturated/α-hetero) is 1. The number of carbonyl (C=O) groups excluding carboxylic acids is 1. The van der Waals surface area contributed by atoms with Crippen LogP contribution in [0.4, 0.5) is 0 Å². The first-order valence-electron chi connectivity index (χ1n) is 7.79. The van der Waals surface area contributed by atoms with Crippen LogP contribution in [-0.4, -0.2) is 25.3 Å². The molecule has 0 N–H and O–H groups in total. The Morgan fingerprint density at radius 1 is 1.17 bits per heavy atom. The zero-order valence-corrected chi connectivity index (χ0v) is 12.9. The number of rotatable bonds is 1. The van der Waals surface area contributed by atoms with Crippen LogP contribution in [0.1, 0.15) is 34.6 Å². The summed E-state index contributed by atoms with van der Waals surface area (Å²) >= 11 is 0. The summed E-state index contributed by atoms with van der Waals surface area (Å²) in [5.74, 6) is 3.21. The number of ketones is 1. The fraction of sp³-hybridized carbons (Fsp3) is 0.158. The molecule has 5 heteroatoms. The fourth-order valence-corrected chi connectivity index (χ4v) is 2.74. The molecular weight excluding hydrogens is 300 g/mol. The summed E-state index contributed by atoms with van der Waals surface area (Å²) in [4.78, 5) is 24.7. The summed E-state index contributed by atoms with van der Waals surface area (Å²) in [6.45, 7) is 0. The van der Waals surface area contributed by atoms with Crippen molar-refractivity contribution in [2.75, 3.05) is 0 Å². The van der Waals surface area contributed by atoms with Crippen LogP contribution in [-0.2, 0) is 6.42 Å². The predicted molar refractivity (Wildman–Crippen MR) is 89.2 cm³/mol. The number of aryl methyl sites for hydroxylation is 1. The van der Waals surface area contributed by atoms with E-state index in [9.17, 15) is 4.79 Å². The number of carbonyl (C=O) groups is 1. The van der Waals surface area contributed by atoms with Crippen LogP contribution in [0.5, 0.6) is 0 Å². The standard InChI is InChI=1S/C19H14N4O/c24-19-5-1-4-17-16(19)7-6-15(22-17)8-10-23-12-18(21-13-23)14-3-2-9-20-11-14/h2-3,6-7,9,11-13H,1,4-5H2. The van der Waals surface area contributed by atoms with Crippen molar-refractivity contribution in [2.24, 2.45) is 0 Å². The summed E-state index contributed by atoms with van der Waals surface area (Å²) in [6.07, 6.45) is 9.34. The first kappa shape index (κ1) is 14.3. The Bertz CT molecular complexity index is 964. The fourth-order valence-electron chi connectivity index (χ4n) is 2.74. The number of hydrogen-bond donors (Lipinski definition) is 0. The molecule has 0 saturated carbocycles. The summed E-state index contributed by atoms with van der Waals surface area (Å²) in [5.41, 5.74) is 4.04. The molecule has 3 aromatic rings. The minimum Gasteiger partial charge on any atom is -0.294 e. The van der Waals surface area contributed by atoms with Crippen molar-refractivity contribution in [1.29, 1.82) is 0 Å². The SMILES string of the molecule is O=C1CCCc2nc(C#Cn3cnc(-c4cccnc4)c3)ccc21. The van der Waals surface area contributed by atoms with Crippen molar-refractivity contribution in [3.63, 3.8) is 0 Å². The number of aromatic nitrogens is 4. The molecule has 3 heterocycles. The minimum absolute atomic E-state index is 0.180. The maximum Gasteiger partial charge on any atom is 0.164 e. The van der Waals surface area contributed by atoms with E-state index in [1.54, 1.807) is 29.4 Å². The van der Waals surface area contributed by atoms with Crippen LogP contribution in [0.15, 0.2) is 49.2 Å². The van der Waals surface area contributed by atoms with Gasteiger partial charge in [-0.2, -0.15) is 0 Å². The first-order chi connectivity index (χ1) is 11.8. The van der Waals surface area contributed by atoms with E-state index < -0.39 is 0 Å². The lowest BCUT2D eigenvalue weighted by Gasteiger charge is -2.12. The van der Waals surface area contributed by atoms with E-state index in [1.165, 1.54) is 0 Å². The highest BCUT2D eigenvalue weighted by molar-refractivity contribution is 5.98. The highest BCUT2D eigenvalue weighted by Gasteiger charge is 2.17. The van der Waals surface area contributed by atoms with Gasteiger partial charge in [0.2, 0.25) is 0 Å². The largest absolute Gasteiger partial charge is 0.294 e. The molecule has 0 aromatic carbocycles. The molecule has 0 amide bonds. The van der Waals surface area contributed by atoms with Crippen molar-refractivity contribution in [1.82, 2.24) is 19.5 Å². The summed E-state index contributed by atoms with van der Waals surface area (Å²) < 4.78 is 1.70. The summed E-state index contributed by atoms with van der Waals surface area (Å²) in [6, 6.07) is 10.5. The van der Waals surface area contributed by atoms with E-state index >= 15 is 0 Å². The molecule has 0 spiro atoms. The Kier molecular flexibility index (Phi) is 3.64. The van der Waals surface area contributed by atoms with Gasteiger partial charge in [0.25, 0.3) is 0 Å². The zero-order chi connectivity index (χ0) is 16.4. The third-order valence-corrected chi connectivity index (χ3v) is 3.94. The van der Waals surface area contributed by atoms with Crippen LogP contribution < -0.4 is 0 Å². The second kappa shape index (κ2) is 6.09. The zero-order valence-electron chi connectivity index (χ0n) is 12.9. The van der Waals surface area contributed by atoms with Gasteiger partial charge in [0, 0.05) is 42.2 Å². The number of pyridine rings is 2. The van der Waals surface area contributed by atoms with E-state index in [4.69, 9.17) is 0 Å². The molecule has 1 aliphatic carbocycles. The van der Waals surface area contributed by atoms with Crippen LogP contribution in [0.2, 0.25) is 0 Å². The van der Waals surface area contributed by atoms with Crippen molar-refractivity contribution in [3.05, 3.63) is 66.1 Å². The van der Waals surface area contributed by atoms with Gasteiger partial charge in [-0.3, -0.25) is 14.3 Å². The molecule has 0 atom stereocenters. The van der Waals surface area contributed by atoms with Crippen molar-refractivity contribution < 1.29 is 4.79 Å². The average molecular weight is 314 g/mol. The third kappa shape index (κ3) is 2.82. The van der Waals surface area contributed by atoms with E-state index in [0.717, 1.165) is 35.4 Å². The number of hydrogen-bond acceptors (Lipinski definition) is 4. The summed E-state index contributed by atoms with van der Waals surface area (Å²) in [5, 5.41) is 0. The maximum atomic E-state index is 11.8. The Balaban J connectivity index is 1.59. The predicted octanol–water partition coefficient (Wildman–Crippen LogP) is 2.72. The molecule has 0 aliphatic heterocycles.